The SMILES string of the molecule is CCC(C)CCC(=O)N[C@H](CC(N)=O)C(=O)N[C@H](Cc1ccc(O)cc1)C(=O)N[C@H](Cc1c[nH]c2ccccc12)C(=O)N[C@H](CCCN)C(=O)N[C@@H](CCCN)C(=O)NCC(=O)N[C@H](CCCN)C(=O)N[C@@H](Cc1c[nH]c2ccccc12)C(=O)N[C@@H](CCSC)C(=O)N[C@H](C(=O)NCC(N)=O)[C@@H](C)CC. The second-order valence-corrected chi connectivity index (χ2v) is 27.2. The Morgan fingerprint density at radius 1 is 0.448 bits per heavy atom. The molecule has 0 spiro atoms. The van der Waals surface area contributed by atoms with Crippen LogP contribution >= 0.6 is 11.8 Å². The number of rotatable bonds is 48. The van der Waals surface area contributed by atoms with Crippen molar-refractivity contribution < 1.29 is 67.4 Å². The van der Waals surface area contributed by atoms with E-state index in [0.717, 1.165) is 17.3 Å². The molecular weight excluding hydrogens is 1370 g/mol. The van der Waals surface area contributed by atoms with Crippen molar-refractivity contribution in [3.63, 3.8) is 0 Å². The monoisotopic (exact) mass is 1480 g/mol. The third-order valence-corrected chi connectivity index (χ3v) is 18.6. The van der Waals surface area contributed by atoms with E-state index in [2.05, 4.69) is 68.5 Å². The number of phenolic OH excluding ortho intramolecular Hbond substituents is 1. The van der Waals surface area contributed by atoms with Gasteiger partial charge in [-0.1, -0.05) is 89.1 Å². The number of carbonyl (C=O) groups excluding carboxylic acids is 13. The highest BCUT2D eigenvalue weighted by molar-refractivity contribution is 7.98. The van der Waals surface area contributed by atoms with Crippen LogP contribution in [0.4, 0.5) is 0 Å². The number of thioether (sulfide) groups is 1. The van der Waals surface area contributed by atoms with Gasteiger partial charge in [0, 0.05) is 59.9 Å². The zero-order valence-electron chi connectivity index (χ0n) is 60.3. The van der Waals surface area contributed by atoms with Gasteiger partial charge in [-0.25, -0.2) is 0 Å². The average Bonchev–Trinajstić information content (AvgIpc) is 1.71. The molecule has 574 valence electrons. The van der Waals surface area contributed by atoms with Crippen LogP contribution < -0.4 is 87.2 Å². The van der Waals surface area contributed by atoms with Gasteiger partial charge >= 0.3 is 0 Å². The number of nitrogens with one attached hydrogen (secondary N) is 13. The molecule has 2 aromatic heterocycles. The maximum atomic E-state index is 14.9. The van der Waals surface area contributed by atoms with E-state index in [-0.39, 0.29) is 102 Å². The molecule has 33 heteroatoms. The number of fused-ring (bicyclic) bond motifs is 2. The van der Waals surface area contributed by atoms with Crippen molar-refractivity contribution >= 4 is 110 Å². The van der Waals surface area contributed by atoms with E-state index in [0.29, 0.717) is 46.2 Å². The summed E-state index contributed by atoms with van der Waals surface area (Å²) in [7, 11) is 0. The van der Waals surface area contributed by atoms with Gasteiger partial charge < -0.3 is 102 Å². The number of nitrogens with two attached hydrogens (primary N) is 5. The minimum Gasteiger partial charge on any atom is -0.508 e. The Kier molecular flexibility index (Phi) is 36.3. The summed E-state index contributed by atoms with van der Waals surface area (Å²) in [6.07, 6.45) is 6.25. The van der Waals surface area contributed by atoms with Crippen molar-refractivity contribution in [2.45, 2.75) is 178 Å². The Labute approximate surface area is 614 Å². The van der Waals surface area contributed by atoms with E-state index in [4.69, 9.17) is 28.7 Å². The quantitative estimate of drug-likeness (QED) is 0.0226. The number of benzene rings is 3. The third kappa shape index (κ3) is 28.5. The van der Waals surface area contributed by atoms with Gasteiger partial charge in [0.1, 0.15) is 60.1 Å². The van der Waals surface area contributed by atoms with Crippen LogP contribution in [-0.4, -0.2) is 191 Å². The molecular formula is C72H106N18O14S. The number of aromatic hydroxyl groups is 1. The molecule has 0 aliphatic carbocycles. The zero-order chi connectivity index (χ0) is 77.1. The number of aromatic amines is 2. The number of phenols is 1. The Morgan fingerprint density at radius 3 is 1.33 bits per heavy atom. The predicted molar refractivity (Wildman–Crippen MR) is 398 cm³/mol. The molecule has 0 aliphatic heterocycles. The van der Waals surface area contributed by atoms with Crippen LogP contribution in [0.15, 0.2) is 85.2 Å². The number of para-hydroxylation sites is 2. The van der Waals surface area contributed by atoms with E-state index in [9.17, 15) is 67.4 Å². The van der Waals surface area contributed by atoms with Gasteiger partial charge in [0.05, 0.1) is 19.5 Å². The van der Waals surface area contributed by atoms with Gasteiger partial charge in [-0.05, 0) is 136 Å². The number of hydrogen-bond donors (Lipinski definition) is 19. The lowest BCUT2D eigenvalue weighted by molar-refractivity contribution is -0.136. The summed E-state index contributed by atoms with van der Waals surface area (Å²) in [5, 5.41) is 40.8. The fourth-order valence-corrected chi connectivity index (χ4v) is 12.0. The van der Waals surface area contributed by atoms with Crippen LogP contribution in [0.5, 0.6) is 5.75 Å². The highest BCUT2D eigenvalue weighted by atomic mass is 32.2. The fourth-order valence-electron chi connectivity index (χ4n) is 11.5. The minimum atomic E-state index is -1.50. The molecule has 0 aliphatic rings. The van der Waals surface area contributed by atoms with Crippen molar-refractivity contribution in [3.8, 4) is 5.75 Å². The summed E-state index contributed by atoms with van der Waals surface area (Å²) < 4.78 is 0. The van der Waals surface area contributed by atoms with Gasteiger partial charge in [0.15, 0.2) is 0 Å². The molecule has 24 N–H and O–H groups in total. The van der Waals surface area contributed by atoms with Crippen LogP contribution in [0.3, 0.4) is 0 Å². The minimum absolute atomic E-state index is 0.0378. The van der Waals surface area contributed by atoms with Crippen LogP contribution in [0, 0.1) is 11.8 Å². The largest absolute Gasteiger partial charge is 0.508 e. The van der Waals surface area contributed by atoms with Crippen LogP contribution in [0.2, 0.25) is 0 Å². The topological polar surface area (TPSA) is 536 Å². The highest BCUT2D eigenvalue weighted by Crippen LogP contribution is 2.23. The first-order valence-corrected chi connectivity index (χ1v) is 36.9. The first-order chi connectivity index (χ1) is 50.2. The number of H-pyrrole nitrogens is 2. The summed E-state index contributed by atoms with van der Waals surface area (Å²) >= 11 is 1.40. The molecule has 32 nitrogen and oxygen atoms in total. The fraction of sp³-hybridized carbons (Fsp3) is 0.514. The average molecular weight is 1480 g/mol. The smallest absolute Gasteiger partial charge is 0.243 e. The molecule has 13 amide bonds. The number of aromatic nitrogens is 2. The highest BCUT2D eigenvalue weighted by Gasteiger charge is 2.37. The van der Waals surface area contributed by atoms with Crippen molar-refractivity contribution in [2.24, 2.45) is 40.5 Å². The third-order valence-electron chi connectivity index (χ3n) is 18.0. The summed E-state index contributed by atoms with van der Waals surface area (Å²) in [6, 6.07) is 7.83. The molecule has 5 rings (SSSR count). The number of hydrogen-bond acceptors (Lipinski definition) is 18. The molecule has 0 fully saturated rings. The molecule has 0 radical (unpaired) electrons. The Hall–Kier alpha value is -10.1. The van der Waals surface area contributed by atoms with Crippen LogP contribution in [0.25, 0.3) is 21.8 Å². The number of primary amides is 2. The Morgan fingerprint density at radius 2 is 0.867 bits per heavy atom. The zero-order valence-corrected chi connectivity index (χ0v) is 61.1. The maximum Gasteiger partial charge on any atom is 0.243 e. The normalized spacial score (nSPS) is 14.4. The first-order valence-electron chi connectivity index (χ1n) is 35.5. The number of carbonyl (C=O) groups is 13. The van der Waals surface area contributed by atoms with Gasteiger partial charge in [-0.2, -0.15) is 11.8 Å². The molecule has 5 aromatic rings. The van der Waals surface area contributed by atoms with E-state index in [1.807, 2.05) is 39.0 Å². The summed E-state index contributed by atoms with van der Waals surface area (Å²) in [5.74, 6) is -10.4. The summed E-state index contributed by atoms with van der Waals surface area (Å²) in [4.78, 5) is 187. The van der Waals surface area contributed by atoms with Crippen molar-refractivity contribution in [1.29, 1.82) is 0 Å². The lowest BCUT2D eigenvalue weighted by Crippen LogP contribution is -2.60. The molecule has 11 atom stereocenters. The lowest BCUT2D eigenvalue weighted by atomic mass is 9.97. The Balaban J connectivity index is 1.37. The Bertz CT molecular complexity index is 3740. The summed E-state index contributed by atoms with van der Waals surface area (Å²) in [5.41, 5.74) is 31.7. The van der Waals surface area contributed by atoms with Gasteiger partial charge in [0.25, 0.3) is 0 Å². The number of amides is 13. The van der Waals surface area contributed by atoms with E-state index in [1.165, 1.54) is 36.0 Å². The molecule has 2 heterocycles. The van der Waals surface area contributed by atoms with Gasteiger partial charge in [-0.15, -0.1) is 0 Å². The second kappa shape index (κ2) is 44.5. The summed E-state index contributed by atoms with van der Waals surface area (Å²) in [6.45, 7) is 6.47. The van der Waals surface area contributed by atoms with Crippen molar-refractivity contribution in [1.82, 2.24) is 68.5 Å². The molecule has 0 bridgehead atoms. The molecule has 1 unspecified atom stereocenters. The molecule has 0 saturated carbocycles. The standard InChI is InChI=1S/C72H106N18O14S/c1-6-41(3)22-27-61(94)83-58(36-59(76)92)71(103)87-55(33-43-23-25-46(91)26-24-43)68(100)89-57(35-45-38-79-50-18-11-9-16-48(45)50)69(101)85-53(21-14-31-75)66(98)84-51(19-12-29-73)64(96)81-40-62(95)82-52(20-13-30-74)65(97)88-56(34-44-37-78-49-17-10-8-15-47(44)49)70(102)86-54(28-32-105-5)67(99)90-63(42(4)7-2)72(104)80-39-60(77)93/h8-11,15-18,23-26,37-38,41-42,51-58,63,78-79,91H,6-7,12-14,19-22,27-36,39-40,73-75H2,1-5H3,(H2,76,92)(H2,77,93)(H,80,104)(H,81,96)(H,82,95)(H,83,94)(H,84,98)(H,85,101)(H,86,102)(H,87,103)(H,88,97)(H,89,100)(H,90,99)/t41?,42-,51-,52+,53+,54-,55+,56-,57+,58+,63-/m0/s1. The van der Waals surface area contributed by atoms with Crippen LogP contribution in [0.1, 0.15) is 121 Å². The van der Waals surface area contributed by atoms with Gasteiger partial charge in [-0.3, -0.25) is 62.3 Å². The first kappa shape index (κ1) is 85.5. The van der Waals surface area contributed by atoms with E-state index < -0.39 is 157 Å². The lowest BCUT2D eigenvalue weighted by Gasteiger charge is -2.28. The molecule has 105 heavy (non-hydrogen) atoms. The van der Waals surface area contributed by atoms with Crippen molar-refractivity contribution in [2.75, 3.05) is 44.7 Å². The van der Waals surface area contributed by atoms with Gasteiger partial charge in [0.2, 0.25) is 76.8 Å². The van der Waals surface area contributed by atoms with E-state index >= 15 is 0 Å². The molecule has 3 aromatic carbocycles. The second-order valence-electron chi connectivity index (χ2n) is 26.2. The maximum absolute atomic E-state index is 14.9. The predicted octanol–water partition coefficient (Wildman–Crippen LogP) is -0.819. The van der Waals surface area contributed by atoms with Crippen LogP contribution in [-0.2, 0) is 81.6 Å². The van der Waals surface area contributed by atoms with E-state index in [1.54, 1.807) is 55.9 Å². The molecule has 0 saturated heterocycles. The van der Waals surface area contributed by atoms with Crippen molar-refractivity contribution in [3.05, 3.63) is 102 Å².